The molecule has 6 nitrogen and oxygen atoms in total. The first-order valence-electron chi connectivity index (χ1n) is 7.65. The summed E-state index contributed by atoms with van der Waals surface area (Å²) in [6, 6.07) is 7.94. The molecule has 0 atom stereocenters. The SMILES string of the molecule is COC1CCN(c2ccc(NC(=O)c3snnc3C)cc2)CC1. The Kier molecular flexibility index (Phi) is 4.88. The Morgan fingerprint density at radius 2 is 2.00 bits per heavy atom. The van der Waals surface area contributed by atoms with Gasteiger partial charge in [-0.15, -0.1) is 5.10 Å². The zero-order valence-corrected chi connectivity index (χ0v) is 14.1. The van der Waals surface area contributed by atoms with E-state index in [1.807, 2.05) is 24.3 Å². The van der Waals surface area contributed by atoms with E-state index in [1.54, 1.807) is 14.0 Å². The lowest BCUT2D eigenvalue weighted by atomic mass is 10.1. The van der Waals surface area contributed by atoms with Crippen molar-refractivity contribution < 1.29 is 9.53 Å². The highest BCUT2D eigenvalue weighted by Crippen LogP contribution is 2.23. The van der Waals surface area contributed by atoms with Crippen molar-refractivity contribution in [1.29, 1.82) is 0 Å². The van der Waals surface area contributed by atoms with Crippen LogP contribution in [-0.4, -0.2) is 41.8 Å². The van der Waals surface area contributed by atoms with Crippen LogP contribution in [0.3, 0.4) is 0 Å². The van der Waals surface area contributed by atoms with Gasteiger partial charge in [-0.1, -0.05) is 4.49 Å². The summed E-state index contributed by atoms with van der Waals surface area (Å²) in [5, 5.41) is 6.74. The van der Waals surface area contributed by atoms with Crippen LogP contribution in [0.1, 0.15) is 28.2 Å². The number of piperidine rings is 1. The molecule has 1 aliphatic heterocycles. The van der Waals surface area contributed by atoms with Crippen molar-refractivity contribution in [3.63, 3.8) is 0 Å². The van der Waals surface area contributed by atoms with E-state index in [4.69, 9.17) is 4.74 Å². The molecule has 3 rings (SSSR count). The highest BCUT2D eigenvalue weighted by Gasteiger charge is 2.19. The molecular weight excluding hydrogens is 312 g/mol. The van der Waals surface area contributed by atoms with E-state index in [0.29, 0.717) is 16.7 Å². The van der Waals surface area contributed by atoms with Gasteiger partial charge in [-0.25, -0.2) is 0 Å². The number of carbonyl (C=O) groups excluding carboxylic acids is 1. The summed E-state index contributed by atoms with van der Waals surface area (Å²) in [5.74, 6) is -0.161. The fourth-order valence-electron chi connectivity index (χ4n) is 2.73. The fraction of sp³-hybridized carbons (Fsp3) is 0.438. The molecule has 1 aromatic heterocycles. The molecule has 2 heterocycles. The molecule has 2 aromatic rings. The predicted molar refractivity (Wildman–Crippen MR) is 91.3 cm³/mol. The first-order valence-corrected chi connectivity index (χ1v) is 8.43. The molecule has 0 radical (unpaired) electrons. The van der Waals surface area contributed by atoms with Crippen molar-refractivity contribution in [2.24, 2.45) is 0 Å². The highest BCUT2D eigenvalue weighted by atomic mass is 32.1. The minimum atomic E-state index is -0.161. The van der Waals surface area contributed by atoms with E-state index in [1.165, 1.54) is 5.69 Å². The summed E-state index contributed by atoms with van der Waals surface area (Å²) < 4.78 is 9.19. The number of ether oxygens (including phenoxy) is 1. The first-order chi connectivity index (χ1) is 11.2. The van der Waals surface area contributed by atoms with Crippen molar-refractivity contribution in [2.45, 2.75) is 25.9 Å². The number of methoxy groups -OCH3 is 1. The molecule has 1 N–H and O–H groups in total. The normalized spacial score (nSPS) is 15.7. The van der Waals surface area contributed by atoms with E-state index in [0.717, 1.165) is 43.2 Å². The van der Waals surface area contributed by atoms with E-state index in [9.17, 15) is 4.79 Å². The molecule has 0 spiro atoms. The van der Waals surface area contributed by atoms with E-state index >= 15 is 0 Å². The Morgan fingerprint density at radius 3 is 2.57 bits per heavy atom. The van der Waals surface area contributed by atoms with Gasteiger partial charge in [0.25, 0.3) is 5.91 Å². The minimum Gasteiger partial charge on any atom is -0.381 e. The minimum absolute atomic E-state index is 0.161. The van der Waals surface area contributed by atoms with E-state index < -0.39 is 0 Å². The molecule has 1 aromatic carbocycles. The van der Waals surface area contributed by atoms with Crippen molar-refractivity contribution >= 4 is 28.8 Å². The highest BCUT2D eigenvalue weighted by molar-refractivity contribution is 7.08. The maximum Gasteiger partial charge on any atom is 0.269 e. The number of aryl methyl sites for hydroxylation is 1. The van der Waals surface area contributed by atoms with Gasteiger partial charge in [0.1, 0.15) is 4.88 Å². The van der Waals surface area contributed by atoms with Crippen LogP contribution in [-0.2, 0) is 4.74 Å². The number of hydrogen-bond donors (Lipinski definition) is 1. The van der Waals surface area contributed by atoms with Crippen molar-refractivity contribution in [1.82, 2.24) is 9.59 Å². The van der Waals surface area contributed by atoms with Crippen LogP contribution in [0.5, 0.6) is 0 Å². The Hall–Kier alpha value is -1.99. The molecule has 1 amide bonds. The molecule has 0 unspecified atom stereocenters. The van der Waals surface area contributed by atoms with Crippen LogP contribution in [0, 0.1) is 6.92 Å². The summed E-state index contributed by atoms with van der Waals surface area (Å²) in [4.78, 5) is 15.0. The summed E-state index contributed by atoms with van der Waals surface area (Å²) in [6.45, 7) is 3.77. The van der Waals surface area contributed by atoms with Crippen molar-refractivity contribution in [2.75, 3.05) is 30.4 Å². The largest absolute Gasteiger partial charge is 0.381 e. The Labute approximate surface area is 139 Å². The molecule has 0 bridgehead atoms. The van der Waals surface area contributed by atoms with E-state index in [-0.39, 0.29) is 5.91 Å². The fourth-order valence-corrected chi connectivity index (χ4v) is 3.28. The molecule has 122 valence electrons. The quantitative estimate of drug-likeness (QED) is 0.932. The van der Waals surface area contributed by atoms with E-state index in [2.05, 4.69) is 19.8 Å². The van der Waals surface area contributed by atoms with Crippen molar-refractivity contribution in [3.05, 3.63) is 34.8 Å². The second kappa shape index (κ2) is 7.06. The third-order valence-corrected chi connectivity index (χ3v) is 4.95. The lowest BCUT2D eigenvalue weighted by Gasteiger charge is -2.33. The van der Waals surface area contributed by atoms with Crippen LogP contribution >= 0.6 is 11.5 Å². The Morgan fingerprint density at radius 1 is 1.30 bits per heavy atom. The third kappa shape index (κ3) is 3.68. The van der Waals surface area contributed by atoms with Crippen LogP contribution in [0.4, 0.5) is 11.4 Å². The molecule has 1 saturated heterocycles. The number of benzene rings is 1. The van der Waals surface area contributed by atoms with Crippen LogP contribution < -0.4 is 10.2 Å². The van der Waals surface area contributed by atoms with Gasteiger partial charge >= 0.3 is 0 Å². The molecule has 0 aliphatic carbocycles. The zero-order chi connectivity index (χ0) is 16.2. The topological polar surface area (TPSA) is 67.3 Å². The lowest BCUT2D eigenvalue weighted by Crippen LogP contribution is -2.36. The number of anilines is 2. The number of nitrogens with zero attached hydrogens (tertiary/aromatic N) is 3. The second-order valence-electron chi connectivity index (χ2n) is 5.61. The molecule has 23 heavy (non-hydrogen) atoms. The predicted octanol–water partition coefficient (Wildman–Crippen LogP) is 2.71. The Balaban J connectivity index is 1.61. The average Bonchev–Trinajstić information content (AvgIpc) is 3.02. The maximum atomic E-state index is 12.1. The average molecular weight is 332 g/mol. The standard InChI is InChI=1S/C16H20N4O2S/c1-11-15(23-19-18-11)16(21)17-12-3-5-13(6-4-12)20-9-7-14(22-2)8-10-20/h3-6,14H,7-10H2,1-2H3,(H,17,21). The summed E-state index contributed by atoms with van der Waals surface area (Å²) in [6.07, 6.45) is 2.47. The monoisotopic (exact) mass is 332 g/mol. The Bertz CT molecular complexity index is 663. The molecular formula is C16H20N4O2S. The van der Waals surface area contributed by atoms with Crippen LogP contribution in [0.2, 0.25) is 0 Å². The first kappa shape index (κ1) is 15.9. The number of nitrogens with one attached hydrogen (secondary N) is 1. The molecule has 7 heteroatoms. The van der Waals surface area contributed by atoms with Crippen LogP contribution in [0.25, 0.3) is 0 Å². The van der Waals surface area contributed by atoms with Gasteiger partial charge < -0.3 is 15.0 Å². The molecule has 1 aliphatic rings. The number of hydrogen-bond acceptors (Lipinski definition) is 6. The van der Waals surface area contributed by atoms with Gasteiger partial charge in [0, 0.05) is 31.6 Å². The number of carbonyl (C=O) groups is 1. The van der Waals surface area contributed by atoms with Gasteiger partial charge in [-0.05, 0) is 55.6 Å². The molecule has 0 saturated carbocycles. The van der Waals surface area contributed by atoms with Crippen LogP contribution in [0.15, 0.2) is 24.3 Å². The zero-order valence-electron chi connectivity index (χ0n) is 13.3. The summed E-state index contributed by atoms with van der Waals surface area (Å²) in [7, 11) is 1.78. The second-order valence-corrected chi connectivity index (χ2v) is 6.36. The maximum absolute atomic E-state index is 12.1. The summed E-state index contributed by atoms with van der Waals surface area (Å²) >= 11 is 1.11. The number of rotatable bonds is 4. The van der Waals surface area contributed by atoms with Gasteiger partial charge in [0.05, 0.1) is 11.8 Å². The van der Waals surface area contributed by atoms with Gasteiger partial charge in [-0.2, -0.15) is 0 Å². The van der Waals surface area contributed by atoms with Gasteiger partial charge in [0.15, 0.2) is 0 Å². The smallest absolute Gasteiger partial charge is 0.269 e. The lowest BCUT2D eigenvalue weighted by molar-refractivity contribution is 0.0819. The summed E-state index contributed by atoms with van der Waals surface area (Å²) in [5.41, 5.74) is 2.61. The third-order valence-electron chi connectivity index (χ3n) is 4.12. The van der Waals surface area contributed by atoms with Crippen molar-refractivity contribution in [3.8, 4) is 0 Å². The van der Waals surface area contributed by atoms with Gasteiger partial charge in [-0.3, -0.25) is 4.79 Å². The number of aromatic nitrogens is 2. The molecule has 1 fully saturated rings. The number of amides is 1. The van der Waals surface area contributed by atoms with Gasteiger partial charge in [0.2, 0.25) is 0 Å².